The molecular weight excluding hydrogens is 268 g/mol. The van der Waals surface area contributed by atoms with Crippen molar-refractivity contribution < 1.29 is 9.90 Å². The minimum Gasteiger partial charge on any atom is -0.481 e. The first-order chi connectivity index (χ1) is 7.69. The number of hydrogen-bond donors (Lipinski definition) is 1. The monoisotopic (exact) mass is 278 g/mol. The van der Waals surface area contributed by atoms with E-state index in [4.69, 9.17) is 5.11 Å². The van der Waals surface area contributed by atoms with Gasteiger partial charge in [0.1, 0.15) is 0 Å². The van der Waals surface area contributed by atoms with Crippen molar-refractivity contribution in [3.8, 4) is 0 Å². The minimum absolute atomic E-state index is 0.0795. The molecule has 0 aliphatic carbocycles. The van der Waals surface area contributed by atoms with Crippen LogP contribution in [-0.4, -0.2) is 11.1 Å². The SMILES string of the molecule is O=C(O)Cc1ccc2cc(CBr)ccc2c1. The van der Waals surface area contributed by atoms with Gasteiger partial charge in [-0.15, -0.1) is 0 Å². The lowest BCUT2D eigenvalue weighted by molar-refractivity contribution is -0.136. The maximum Gasteiger partial charge on any atom is 0.307 e. The van der Waals surface area contributed by atoms with Crippen molar-refractivity contribution in [1.82, 2.24) is 0 Å². The molecule has 2 aromatic carbocycles. The Bertz CT molecular complexity index is 534. The molecule has 0 atom stereocenters. The van der Waals surface area contributed by atoms with Gasteiger partial charge in [0.05, 0.1) is 6.42 Å². The lowest BCUT2D eigenvalue weighted by Gasteiger charge is -2.03. The molecule has 0 amide bonds. The van der Waals surface area contributed by atoms with Crippen LogP contribution in [0.15, 0.2) is 36.4 Å². The van der Waals surface area contributed by atoms with E-state index < -0.39 is 5.97 Å². The summed E-state index contributed by atoms with van der Waals surface area (Å²) in [5, 5.41) is 11.8. The van der Waals surface area contributed by atoms with Gasteiger partial charge in [0.15, 0.2) is 0 Å². The summed E-state index contributed by atoms with van der Waals surface area (Å²) in [6, 6.07) is 11.9. The van der Waals surface area contributed by atoms with Gasteiger partial charge in [-0.1, -0.05) is 52.3 Å². The number of hydrogen-bond acceptors (Lipinski definition) is 1. The number of fused-ring (bicyclic) bond motifs is 1. The summed E-state index contributed by atoms with van der Waals surface area (Å²) in [4.78, 5) is 10.6. The molecule has 0 aromatic heterocycles. The van der Waals surface area contributed by atoms with Gasteiger partial charge < -0.3 is 5.11 Å². The van der Waals surface area contributed by atoms with E-state index in [2.05, 4.69) is 22.0 Å². The van der Waals surface area contributed by atoms with Gasteiger partial charge in [0, 0.05) is 5.33 Å². The summed E-state index contributed by atoms with van der Waals surface area (Å²) in [5.41, 5.74) is 2.06. The first-order valence-electron chi connectivity index (χ1n) is 4.98. The summed E-state index contributed by atoms with van der Waals surface area (Å²) in [6.07, 6.45) is 0.0795. The summed E-state index contributed by atoms with van der Waals surface area (Å²) in [6.45, 7) is 0. The second-order valence-corrected chi connectivity index (χ2v) is 4.28. The molecule has 1 N–H and O–H groups in total. The van der Waals surface area contributed by atoms with E-state index in [1.54, 1.807) is 0 Å². The lowest BCUT2D eigenvalue weighted by atomic mass is 10.0. The topological polar surface area (TPSA) is 37.3 Å². The molecule has 82 valence electrons. The van der Waals surface area contributed by atoms with Gasteiger partial charge in [-0.05, 0) is 21.9 Å². The first kappa shape index (κ1) is 11.1. The van der Waals surface area contributed by atoms with Crippen molar-refractivity contribution in [1.29, 1.82) is 0 Å². The fourth-order valence-electron chi connectivity index (χ4n) is 1.71. The Hall–Kier alpha value is -1.35. The van der Waals surface area contributed by atoms with Crippen LogP contribution in [0.2, 0.25) is 0 Å². The predicted molar refractivity (Wildman–Crippen MR) is 67.9 cm³/mol. The molecule has 0 heterocycles. The Morgan fingerprint density at radius 1 is 1.06 bits per heavy atom. The predicted octanol–water partition coefficient (Wildman–Crippen LogP) is 3.36. The number of benzene rings is 2. The van der Waals surface area contributed by atoms with Gasteiger partial charge >= 0.3 is 5.97 Å². The number of carboxylic acid groups (broad SMARTS) is 1. The molecule has 0 radical (unpaired) electrons. The average molecular weight is 279 g/mol. The third-order valence-electron chi connectivity index (χ3n) is 2.48. The summed E-state index contributed by atoms with van der Waals surface area (Å²) in [5.74, 6) is -0.795. The number of rotatable bonds is 3. The molecule has 0 unspecified atom stereocenters. The van der Waals surface area contributed by atoms with Crippen molar-refractivity contribution in [2.24, 2.45) is 0 Å². The molecule has 0 fully saturated rings. The van der Waals surface area contributed by atoms with Crippen LogP contribution in [0.3, 0.4) is 0 Å². The van der Waals surface area contributed by atoms with Crippen LogP contribution < -0.4 is 0 Å². The highest BCUT2D eigenvalue weighted by atomic mass is 79.9. The molecule has 0 saturated carbocycles. The van der Waals surface area contributed by atoms with Crippen LogP contribution in [0.5, 0.6) is 0 Å². The molecule has 0 aliphatic rings. The fourth-order valence-corrected chi connectivity index (χ4v) is 2.06. The van der Waals surface area contributed by atoms with Crippen molar-refractivity contribution in [2.75, 3.05) is 0 Å². The Balaban J connectivity index is 2.43. The number of carboxylic acids is 1. The highest BCUT2D eigenvalue weighted by molar-refractivity contribution is 9.08. The molecule has 16 heavy (non-hydrogen) atoms. The molecule has 3 heteroatoms. The van der Waals surface area contributed by atoms with Crippen molar-refractivity contribution in [3.05, 3.63) is 47.5 Å². The van der Waals surface area contributed by atoms with Gasteiger partial charge in [0.2, 0.25) is 0 Å². The average Bonchev–Trinajstić information content (AvgIpc) is 2.27. The zero-order chi connectivity index (χ0) is 11.5. The third-order valence-corrected chi connectivity index (χ3v) is 3.13. The molecule has 0 bridgehead atoms. The Morgan fingerprint density at radius 2 is 1.62 bits per heavy atom. The Morgan fingerprint density at radius 3 is 2.19 bits per heavy atom. The molecule has 0 spiro atoms. The first-order valence-corrected chi connectivity index (χ1v) is 6.10. The molecule has 2 aromatic rings. The number of alkyl halides is 1. The minimum atomic E-state index is -0.795. The van der Waals surface area contributed by atoms with Crippen molar-refractivity contribution in [2.45, 2.75) is 11.8 Å². The van der Waals surface area contributed by atoms with Crippen LogP contribution in [-0.2, 0) is 16.5 Å². The van der Waals surface area contributed by atoms with Crippen LogP contribution in [0.4, 0.5) is 0 Å². The highest BCUT2D eigenvalue weighted by Crippen LogP contribution is 2.19. The van der Waals surface area contributed by atoms with Gasteiger partial charge in [-0.2, -0.15) is 0 Å². The maximum absolute atomic E-state index is 10.6. The number of halogens is 1. The van der Waals surface area contributed by atoms with E-state index in [0.717, 1.165) is 21.7 Å². The van der Waals surface area contributed by atoms with E-state index in [1.165, 1.54) is 5.56 Å². The van der Waals surface area contributed by atoms with Crippen LogP contribution in [0.1, 0.15) is 11.1 Å². The Kier molecular flexibility index (Phi) is 3.25. The molecule has 2 nitrogen and oxygen atoms in total. The van der Waals surface area contributed by atoms with Gasteiger partial charge in [-0.25, -0.2) is 0 Å². The lowest BCUT2D eigenvalue weighted by Crippen LogP contribution is -1.99. The zero-order valence-electron chi connectivity index (χ0n) is 8.61. The second kappa shape index (κ2) is 4.66. The normalized spacial score (nSPS) is 10.6. The molecule has 0 aliphatic heterocycles. The van der Waals surface area contributed by atoms with E-state index in [1.807, 2.05) is 30.3 Å². The third kappa shape index (κ3) is 2.42. The smallest absolute Gasteiger partial charge is 0.307 e. The zero-order valence-corrected chi connectivity index (χ0v) is 10.2. The van der Waals surface area contributed by atoms with E-state index in [-0.39, 0.29) is 6.42 Å². The van der Waals surface area contributed by atoms with Gasteiger partial charge in [0.25, 0.3) is 0 Å². The van der Waals surface area contributed by atoms with E-state index >= 15 is 0 Å². The largest absolute Gasteiger partial charge is 0.481 e. The number of carbonyl (C=O) groups is 1. The fraction of sp³-hybridized carbons (Fsp3) is 0.154. The molecular formula is C13H11BrO2. The molecule has 2 rings (SSSR count). The quantitative estimate of drug-likeness (QED) is 0.875. The van der Waals surface area contributed by atoms with Gasteiger partial charge in [-0.3, -0.25) is 4.79 Å². The van der Waals surface area contributed by atoms with Crippen molar-refractivity contribution >= 4 is 32.7 Å². The molecule has 0 saturated heterocycles. The summed E-state index contributed by atoms with van der Waals surface area (Å²) < 4.78 is 0. The Labute approximate surface area is 102 Å². The number of aliphatic carboxylic acids is 1. The summed E-state index contributed by atoms with van der Waals surface area (Å²) in [7, 11) is 0. The van der Waals surface area contributed by atoms with Crippen LogP contribution in [0.25, 0.3) is 10.8 Å². The van der Waals surface area contributed by atoms with Crippen molar-refractivity contribution in [3.63, 3.8) is 0 Å². The van der Waals surface area contributed by atoms with Crippen LogP contribution >= 0.6 is 15.9 Å². The van der Waals surface area contributed by atoms with E-state index in [9.17, 15) is 4.79 Å². The highest BCUT2D eigenvalue weighted by Gasteiger charge is 2.02. The second-order valence-electron chi connectivity index (χ2n) is 3.72. The standard InChI is InChI=1S/C13H11BrO2/c14-8-10-2-4-11-5-9(7-13(15)16)1-3-12(11)6-10/h1-6H,7-8H2,(H,15,16). The van der Waals surface area contributed by atoms with E-state index in [0.29, 0.717) is 0 Å². The van der Waals surface area contributed by atoms with Crippen LogP contribution in [0, 0.1) is 0 Å². The maximum atomic E-state index is 10.6. The summed E-state index contributed by atoms with van der Waals surface area (Å²) >= 11 is 3.41.